The van der Waals surface area contributed by atoms with Crippen LogP contribution >= 0.6 is 0 Å². The molecule has 5 nitrogen and oxygen atoms in total. The molecule has 24 heavy (non-hydrogen) atoms. The van der Waals surface area contributed by atoms with Crippen molar-refractivity contribution in [2.75, 3.05) is 26.2 Å². The third-order valence-electron chi connectivity index (χ3n) is 4.69. The van der Waals surface area contributed by atoms with E-state index in [-0.39, 0.29) is 5.91 Å². The van der Waals surface area contributed by atoms with E-state index in [0.29, 0.717) is 12.2 Å². The van der Waals surface area contributed by atoms with Crippen molar-refractivity contribution in [2.24, 2.45) is 0 Å². The van der Waals surface area contributed by atoms with E-state index >= 15 is 0 Å². The highest BCUT2D eigenvalue weighted by Crippen LogP contribution is 2.18. The van der Waals surface area contributed by atoms with Crippen LogP contribution in [0.25, 0.3) is 10.9 Å². The summed E-state index contributed by atoms with van der Waals surface area (Å²) in [6.07, 6.45) is 5.99. The molecule has 3 rings (SSSR count). The van der Waals surface area contributed by atoms with Gasteiger partial charge in [-0.15, -0.1) is 0 Å². The summed E-state index contributed by atoms with van der Waals surface area (Å²) < 4.78 is 1.94. The summed E-state index contributed by atoms with van der Waals surface area (Å²) in [6, 6.07) is 7.98. The van der Waals surface area contributed by atoms with Crippen molar-refractivity contribution in [3.63, 3.8) is 0 Å². The van der Waals surface area contributed by atoms with Crippen LogP contribution < -0.4 is 5.32 Å². The van der Waals surface area contributed by atoms with Crippen LogP contribution in [0.15, 0.2) is 24.3 Å². The van der Waals surface area contributed by atoms with Crippen molar-refractivity contribution in [1.29, 1.82) is 0 Å². The molecule has 5 heteroatoms. The van der Waals surface area contributed by atoms with Crippen LogP contribution in [0.1, 0.15) is 49.5 Å². The number of hydrogen-bond donors (Lipinski definition) is 1. The first-order valence-electron chi connectivity index (χ1n) is 9.25. The van der Waals surface area contributed by atoms with E-state index < -0.39 is 0 Å². The number of piperidine rings is 1. The number of hydrogen-bond acceptors (Lipinski definition) is 3. The van der Waals surface area contributed by atoms with Gasteiger partial charge >= 0.3 is 0 Å². The van der Waals surface area contributed by atoms with Gasteiger partial charge in [-0.1, -0.05) is 31.5 Å². The minimum Gasteiger partial charge on any atom is -0.351 e. The molecule has 1 aliphatic rings. The van der Waals surface area contributed by atoms with E-state index in [1.165, 1.54) is 32.4 Å². The van der Waals surface area contributed by atoms with Gasteiger partial charge in [-0.25, -0.2) is 0 Å². The molecule has 1 aromatic carbocycles. The van der Waals surface area contributed by atoms with Crippen molar-refractivity contribution < 1.29 is 4.79 Å². The lowest BCUT2D eigenvalue weighted by atomic mass is 10.1. The molecule has 1 fully saturated rings. The van der Waals surface area contributed by atoms with Crippen LogP contribution in [0, 0.1) is 0 Å². The van der Waals surface area contributed by atoms with Gasteiger partial charge in [0.05, 0.1) is 5.52 Å². The topological polar surface area (TPSA) is 50.2 Å². The Morgan fingerprint density at radius 1 is 1.17 bits per heavy atom. The number of para-hydroxylation sites is 1. The summed E-state index contributed by atoms with van der Waals surface area (Å²) in [4.78, 5) is 15.0. The predicted molar refractivity (Wildman–Crippen MR) is 97.3 cm³/mol. The zero-order chi connectivity index (χ0) is 16.8. The lowest BCUT2D eigenvalue weighted by Gasteiger charge is -2.26. The average molecular weight is 328 g/mol. The first-order valence-corrected chi connectivity index (χ1v) is 9.25. The van der Waals surface area contributed by atoms with Gasteiger partial charge in [-0.2, -0.15) is 5.10 Å². The maximum Gasteiger partial charge on any atom is 0.272 e. The average Bonchev–Trinajstić information content (AvgIpc) is 2.99. The molecular weight excluding hydrogens is 300 g/mol. The molecule has 0 radical (unpaired) electrons. The van der Waals surface area contributed by atoms with Crippen LogP contribution in [0.2, 0.25) is 0 Å². The Morgan fingerprint density at radius 2 is 1.96 bits per heavy atom. The number of benzene rings is 1. The zero-order valence-electron chi connectivity index (χ0n) is 14.6. The number of rotatable bonds is 7. The summed E-state index contributed by atoms with van der Waals surface area (Å²) in [5.41, 5.74) is 1.59. The van der Waals surface area contributed by atoms with Gasteiger partial charge in [0.15, 0.2) is 5.69 Å². The SMILES string of the molecule is CCCn1nc(C(=O)NCCCN2CCCCC2)c2ccccc21. The third kappa shape index (κ3) is 3.96. The number of nitrogens with one attached hydrogen (secondary N) is 1. The number of carbonyl (C=O) groups excluding carboxylic acids is 1. The zero-order valence-corrected chi connectivity index (χ0v) is 14.6. The van der Waals surface area contributed by atoms with E-state index in [1.54, 1.807) is 0 Å². The molecule has 1 aromatic heterocycles. The fourth-order valence-corrected chi connectivity index (χ4v) is 3.45. The second-order valence-electron chi connectivity index (χ2n) is 6.60. The Morgan fingerprint density at radius 3 is 2.75 bits per heavy atom. The van der Waals surface area contributed by atoms with Crippen LogP contribution in [0.5, 0.6) is 0 Å². The molecule has 2 aromatic rings. The Labute approximate surface area is 144 Å². The largest absolute Gasteiger partial charge is 0.351 e. The summed E-state index contributed by atoms with van der Waals surface area (Å²) in [7, 11) is 0. The van der Waals surface area contributed by atoms with Crippen molar-refractivity contribution in [3.8, 4) is 0 Å². The molecule has 2 heterocycles. The molecular formula is C19H28N4O. The van der Waals surface area contributed by atoms with Crippen molar-refractivity contribution in [2.45, 2.75) is 45.6 Å². The second-order valence-corrected chi connectivity index (χ2v) is 6.60. The molecule has 0 bridgehead atoms. The van der Waals surface area contributed by atoms with E-state index in [2.05, 4.69) is 22.2 Å². The normalized spacial score (nSPS) is 15.7. The van der Waals surface area contributed by atoms with Gasteiger partial charge in [-0.05, 0) is 51.4 Å². The Balaban J connectivity index is 1.57. The second kappa shape index (κ2) is 8.29. The molecule has 0 atom stereocenters. The van der Waals surface area contributed by atoms with E-state index in [9.17, 15) is 4.79 Å². The summed E-state index contributed by atoms with van der Waals surface area (Å²) >= 11 is 0. The molecule has 0 unspecified atom stereocenters. The Kier molecular flexibility index (Phi) is 5.86. The van der Waals surface area contributed by atoms with Gasteiger partial charge in [0.1, 0.15) is 0 Å². The summed E-state index contributed by atoms with van der Waals surface area (Å²) in [5.74, 6) is -0.0558. The lowest BCUT2D eigenvalue weighted by molar-refractivity contribution is 0.0946. The first kappa shape index (κ1) is 17.0. The minimum absolute atomic E-state index is 0.0558. The number of aromatic nitrogens is 2. The fourth-order valence-electron chi connectivity index (χ4n) is 3.45. The number of amides is 1. The molecule has 1 amide bonds. The van der Waals surface area contributed by atoms with Gasteiger partial charge in [-0.3, -0.25) is 9.48 Å². The number of carbonyl (C=O) groups is 1. The van der Waals surface area contributed by atoms with Crippen molar-refractivity contribution in [3.05, 3.63) is 30.0 Å². The summed E-state index contributed by atoms with van der Waals surface area (Å²) in [5, 5.41) is 8.53. The predicted octanol–water partition coefficient (Wildman–Crippen LogP) is 3.05. The molecule has 0 saturated carbocycles. The highest BCUT2D eigenvalue weighted by Gasteiger charge is 2.16. The molecule has 1 aliphatic heterocycles. The monoisotopic (exact) mass is 328 g/mol. The van der Waals surface area contributed by atoms with Crippen LogP contribution in [0.3, 0.4) is 0 Å². The molecule has 130 valence electrons. The van der Waals surface area contributed by atoms with Gasteiger partial charge in [0.2, 0.25) is 0 Å². The highest BCUT2D eigenvalue weighted by molar-refractivity contribution is 6.04. The smallest absolute Gasteiger partial charge is 0.272 e. The maximum atomic E-state index is 12.5. The van der Waals surface area contributed by atoms with Crippen molar-refractivity contribution >= 4 is 16.8 Å². The minimum atomic E-state index is -0.0558. The standard InChI is InChI=1S/C19H28N4O/c1-2-12-23-17-10-5-4-9-16(17)18(21-23)19(24)20-11-8-15-22-13-6-3-7-14-22/h4-5,9-10H,2-3,6-8,11-15H2,1H3,(H,20,24). The van der Waals surface area contributed by atoms with E-state index in [1.807, 2.05) is 28.9 Å². The maximum absolute atomic E-state index is 12.5. The first-order chi connectivity index (χ1) is 11.8. The molecule has 1 N–H and O–H groups in total. The molecule has 1 saturated heterocycles. The van der Waals surface area contributed by atoms with Crippen LogP contribution in [-0.2, 0) is 6.54 Å². The number of nitrogens with zero attached hydrogens (tertiary/aromatic N) is 3. The number of likely N-dealkylation sites (tertiary alicyclic amines) is 1. The van der Waals surface area contributed by atoms with E-state index in [4.69, 9.17) is 0 Å². The van der Waals surface area contributed by atoms with Crippen LogP contribution in [0.4, 0.5) is 0 Å². The third-order valence-corrected chi connectivity index (χ3v) is 4.69. The summed E-state index contributed by atoms with van der Waals surface area (Å²) in [6.45, 7) is 7.16. The van der Waals surface area contributed by atoms with Gasteiger partial charge in [0, 0.05) is 18.5 Å². The van der Waals surface area contributed by atoms with Gasteiger partial charge < -0.3 is 10.2 Å². The molecule has 0 aliphatic carbocycles. The number of aryl methyl sites for hydroxylation is 1. The Bertz CT molecular complexity index is 673. The van der Waals surface area contributed by atoms with E-state index in [0.717, 1.165) is 36.8 Å². The highest BCUT2D eigenvalue weighted by atomic mass is 16.1. The molecule has 0 spiro atoms. The fraction of sp³-hybridized carbons (Fsp3) is 0.579. The Hall–Kier alpha value is -1.88. The van der Waals surface area contributed by atoms with Gasteiger partial charge in [0.25, 0.3) is 5.91 Å². The number of fused-ring (bicyclic) bond motifs is 1. The quantitative estimate of drug-likeness (QED) is 0.795. The van der Waals surface area contributed by atoms with Crippen molar-refractivity contribution in [1.82, 2.24) is 20.0 Å². The van der Waals surface area contributed by atoms with Crippen LogP contribution in [-0.4, -0.2) is 46.8 Å². The lowest BCUT2D eigenvalue weighted by Crippen LogP contribution is -2.33.